The molecule has 1 heterocycles. The third-order valence-electron chi connectivity index (χ3n) is 3.49. The average Bonchev–Trinajstić information content (AvgIpc) is 2.56. The molecule has 0 aliphatic heterocycles. The van der Waals surface area contributed by atoms with E-state index in [1.807, 2.05) is 49.4 Å². The second-order valence-corrected chi connectivity index (χ2v) is 5.98. The first kappa shape index (κ1) is 15.4. The molecule has 0 spiro atoms. The van der Waals surface area contributed by atoms with Crippen LogP contribution in [0, 0.1) is 6.92 Å². The number of halogens is 1. The fourth-order valence-corrected chi connectivity index (χ4v) is 2.54. The molecule has 0 radical (unpaired) electrons. The first-order chi connectivity index (χ1) is 11.1. The Hall–Kier alpha value is -2.53. The van der Waals surface area contributed by atoms with Crippen molar-refractivity contribution in [2.75, 3.05) is 5.32 Å². The van der Waals surface area contributed by atoms with E-state index in [0.29, 0.717) is 11.4 Å². The Labute approximate surface area is 142 Å². The fourth-order valence-electron chi connectivity index (χ4n) is 2.27. The lowest BCUT2D eigenvalue weighted by Gasteiger charge is -2.11. The average molecular weight is 368 g/mol. The lowest BCUT2D eigenvalue weighted by atomic mass is 10.1. The molecule has 0 atom stereocenters. The van der Waals surface area contributed by atoms with Gasteiger partial charge in [0.05, 0.1) is 0 Å². The van der Waals surface area contributed by atoms with Gasteiger partial charge in [-0.2, -0.15) is 0 Å². The van der Waals surface area contributed by atoms with Crippen molar-refractivity contribution in [2.24, 2.45) is 0 Å². The number of amides is 1. The number of nitrogens with one attached hydrogen (secondary N) is 1. The van der Waals surface area contributed by atoms with E-state index < -0.39 is 0 Å². The van der Waals surface area contributed by atoms with E-state index in [-0.39, 0.29) is 5.91 Å². The largest absolute Gasteiger partial charge is 0.306 e. The number of hydrogen-bond donors (Lipinski definition) is 1. The van der Waals surface area contributed by atoms with E-state index in [9.17, 15) is 4.79 Å². The Bertz CT molecular complexity index is 847. The van der Waals surface area contributed by atoms with Gasteiger partial charge in [-0.15, -0.1) is 0 Å². The second-order valence-electron chi connectivity index (χ2n) is 5.06. The van der Waals surface area contributed by atoms with Crippen LogP contribution in [0.25, 0.3) is 11.1 Å². The number of carbonyl (C=O) groups is 1. The normalized spacial score (nSPS) is 10.3. The topological polar surface area (TPSA) is 54.9 Å². The van der Waals surface area contributed by atoms with Crippen molar-refractivity contribution in [1.29, 1.82) is 0 Å². The molecule has 1 N–H and O–H groups in total. The van der Waals surface area contributed by atoms with Crippen LogP contribution < -0.4 is 5.32 Å². The summed E-state index contributed by atoms with van der Waals surface area (Å²) in [4.78, 5) is 20.8. The summed E-state index contributed by atoms with van der Waals surface area (Å²) < 4.78 is 0.989. The molecule has 3 aromatic rings. The van der Waals surface area contributed by atoms with Crippen LogP contribution in [0.3, 0.4) is 0 Å². The number of aryl methyl sites for hydroxylation is 1. The lowest BCUT2D eigenvalue weighted by Crippen LogP contribution is -2.15. The lowest BCUT2D eigenvalue weighted by molar-refractivity contribution is 0.102. The predicted molar refractivity (Wildman–Crippen MR) is 94.3 cm³/mol. The molecule has 0 saturated carbocycles. The Kier molecular flexibility index (Phi) is 4.48. The molecular formula is C18H14BrN3O. The molecule has 5 heteroatoms. The predicted octanol–water partition coefficient (Wildman–Crippen LogP) is 4.47. The van der Waals surface area contributed by atoms with Crippen molar-refractivity contribution in [1.82, 2.24) is 9.97 Å². The summed E-state index contributed by atoms with van der Waals surface area (Å²) in [5.41, 5.74) is 3.27. The first-order valence-corrected chi connectivity index (χ1v) is 7.87. The van der Waals surface area contributed by atoms with Gasteiger partial charge in [0.2, 0.25) is 0 Å². The summed E-state index contributed by atoms with van der Waals surface area (Å²) in [6.45, 7) is 1.91. The summed E-state index contributed by atoms with van der Waals surface area (Å²) in [5, 5.41) is 2.88. The van der Waals surface area contributed by atoms with Gasteiger partial charge in [-0.05, 0) is 36.2 Å². The highest BCUT2D eigenvalue weighted by Gasteiger charge is 2.13. The number of rotatable bonds is 3. The Morgan fingerprint density at radius 1 is 1.09 bits per heavy atom. The van der Waals surface area contributed by atoms with Crippen molar-refractivity contribution < 1.29 is 4.79 Å². The zero-order chi connectivity index (χ0) is 16.2. The van der Waals surface area contributed by atoms with Gasteiger partial charge in [-0.1, -0.05) is 46.3 Å². The van der Waals surface area contributed by atoms with Crippen molar-refractivity contribution in [3.05, 3.63) is 76.7 Å². The van der Waals surface area contributed by atoms with Crippen LogP contribution in [0.15, 0.2) is 65.5 Å². The summed E-state index contributed by atoms with van der Waals surface area (Å²) in [6, 6.07) is 15.2. The van der Waals surface area contributed by atoms with Gasteiger partial charge in [0, 0.05) is 21.8 Å². The number of hydrogen-bond acceptors (Lipinski definition) is 3. The maximum atomic E-state index is 12.5. The minimum atomic E-state index is -0.180. The van der Waals surface area contributed by atoms with E-state index >= 15 is 0 Å². The van der Waals surface area contributed by atoms with Crippen LogP contribution in [0.5, 0.6) is 0 Å². The van der Waals surface area contributed by atoms with Gasteiger partial charge in [0.15, 0.2) is 0 Å². The third kappa shape index (κ3) is 3.46. The molecule has 2 aromatic carbocycles. The van der Waals surface area contributed by atoms with Crippen LogP contribution in [0.4, 0.5) is 5.82 Å². The zero-order valence-electron chi connectivity index (χ0n) is 12.5. The number of carbonyl (C=O) groups excluding carboxylic acids is 1. The molecule has 3 rings (SSSR count). The Balaban J connectivity index is 1.94. The molecule has 1 aromatic heterocycles. The molecule has 1 amide bonds. The molecule has 0 bridgehead atoms. The van der Waals surface area contributed by atoms with E-state index in [2.05, 4.69) is 31.2 Å². The van der Waals surface area contributed by atoms with Gasteiger partial charge in [-0.25, -0.2) is 9.97 Å². The van der Waals surface area contributed by atoms with Gasteiger partial charge >= 0.3 is 0 Å². The standard InChI is InChI=1S/C18H14BrN3O/c1-12-4-2-3-5-15(12)18(23)22-17-16(10-20-11-21-17)13-6-8-14(19)9-7-13/h2-11H,1H3,(H,20,21,22,23). The highest BCUT2D eigenvalue weighted by atomic mass is 79.9. The number of nitrogens with zero attached hydrogens (tertiary/aromatic N) is 2. The highest BCUT2D eigenvalue weighted by Crippen LogP contribution is 2.27. The van der Waals surface area contributed by atoms with Gasteiger partial charge in [-0.3, -0.25) is 4.79 Å². The van der Waals surface area contributed by atoms with Crippen LogP contribution in [-0.2, 0) is 0 Å². The fraction of sp³-hybridized carbons (Fsp3) is 0.0556. The summed E-state index contributed by atoms with van der Waals surface area (Å²) in [6.07, 6.45) is 3.12. The van der Waals surface area contributed by atoms with E-state index in [0.717, 1.165) is 21.2 Å². The van der Waals surface area contributed by atoms with E-state index in [1.54, 1.807) is 12.3 Å². The quantitative estimate of drug-likeness (QED) is 0.742. The molecular weight excluding hydrogens is 354 g/mol. The monoisotopic (exact) mass is 367 g/mol. The van der Waals surface area contributed by atoms with Gasteiger partial charge in [0.25, 0.3) is 5.91 Å². The zero-order valence-corrected chi connectivity index (χ0v) is 14.0. The molecule has 0 unspecified atom stereocenters. The maximum Gasteiger partial charge on any atom is 0.257 e. The molecule has 0 saturated heterocycles. The minimum Gasteiger partial charge on any atom is -0.306 e. The van der Waals surface area contributed by atoms with Gasteiger partial charge in [0.1, 0.15) is 12.1 Å². The Morgan fingerprint density at radius 2 is 1.83 bits per heavy atom. The van der Waals surface area contributed by atoms with Gasteiger partial charge < -0.3 is 5.32 Å². The molecule has 114 valence electrons. The van der Waals surface area contributed by atoms with Crippen molar-refractivity contribution in [3.8, 4) is 11.1 Å². The smallest absolute Gasteiger partial charge is 0.257 e. The number of benzene rings is 2. The molecule has 0 aliphatic carbocycles. The molecule has 4 nitrogen and oxygen atoms in total. The SMILES string of the molecule is Cc1ccccc1C(=O)Nc1ncncc1-c1ccc(Br)cc1. The molecule has 0 fully saturated rings. The summed E-state index contributed by atoms with van der Waals surface area (Å²) >= 11 is 3.41. The van der Waals surface area contributed by atoms with Crippen LogP contribution in [0.2, 0.25) is 0 Å². The van der Waals surface area contributed by atoms with Crippen molar-refractivity contribution >= 4 is 27.7 Å². The van der Waals surface area contributed by atoms with Crippen molar-refractivity contribution in [2.45, 2.75) is 6.92 Å². The molecule has 0 aliphatic rings. The van der Waals surface area contributed by atoms with Crippen molar-refractivity contribution in [3.63, 3.8) is 0 Å². The maximum absolute atomic E-state index is 12.5. The highest BCUT2D eigenvalue weighted by molar-refractivity contribution is 9.10. The van der Waals surface area contributed by atoms with Crippen LogP contribution in [-0.4, -0.2) is 15.9 Å². The minimum absolute atomic E-state index is 0.180. The summed E-state index contributed by atoms with van der Waals surface area (Å²) in [5.74, 6) is 0.315. The number of aromatic nitrogens is 2. The first-order valence-electron chi connectivity index (χ1n) is 7.08. The summed E-state index contributed by atoms with van der Waals surface area (Å²) in [7, 11) is 0. The van der Waals surface area contributed by atoms with E-state index in [1.165, 1.54) is 6.33 Å². The number of anilines is 1. The second kappa shape index (κ2) is 6.71. The molecule has 23 heavy (non-hydrogen) atoms. The van der Waals surface area contributed by atoms with Crippen LogP contribution >= 0.6 is 15.9 Å². The van der Waals surface area contributed by atoms with Crippen LogP contribution in [0.1, 0.15) is 15.9 Å². The Morgan fingerprint density at radius 3 is 2.57 bits per heavy atom. The third-order valence-corrected chi connectivity index (χ3v) is 4.02. The van der Waals surface area contributed by atoms with E-state index in [4.69, 9.17) is 0 Å².